The molecule has 0 bridgehead atoms. The summed E-state index contributed by atoms with van der Waals surface area (Å²) in [5.74, 6) is 1.99. The van der Waals surface area contributed by atoms with Gasteiger partial charge in [0.25, 0.3) is 0 Å². The SMILES string of the molecule is CCOc1ccc(N)c(SCC2CCCN2)c1. The second-order valence-corrected chi connectivity index (χ2v) is 5.30. The number of ether oxygens (including phenoxy) is 1. The molecule has 0 saturated carbocycles. The highest BCUT2D eigenvalue weighted by molar-refractivity contribution is 7.99. The molecule has 1 unspecified atom stereocenters. The number of hydrogen-bond donors (Lipinski definition) is 2. The molecule has 17 heavy (non-hydrogen) atoms. The highest BCUT2D eigenvalue weighted by atomic mass is 32.2. The quantitative estimate of drug-likeness (QED) is 0.624. The van der Waals surface area contributed by atoms with Gasteiger partial charge < -0.3 is 15.8 Å². The van der Waals surface area contributed by atoms with E-state index in [2.05, 4.69) is 5.32 Å². The molecule has 1 heterocycles. The molecule has 0 spiro atoms. The van der Waals surface area contributed by atoms with E-state index in [9.17, 15) is 0 Å². The van der Waals surface area contributed by atoms with Gasteiger partial charge in [-0.1, -0.05) is 0 Å². The maximum atomic E-state index is 5.97. The summed E-state index contributed by atoms with van der Waals surface area (Å²) in [5, 5.41) is 3.49. The highest BCUT2D eigenvalue weighted by Crippen LogP contribution is 2.30. The smallest absolute Gasteiger partial charge is 0.120 e. The van der Waals surface area contributed by atoms with Crippen LogP contribution in [0.15, 0.2) is 23.1 Å². The molecule has 3 nitrogen and oxygen atoms in total. The molecule has 1 aliphatic heterocycles. The van der Waals surface area contributed by atoms with E-state index in [1.807, 2.05) is 36.9 Å². The van der Waals surface area contributed by atoms with E-state index in [1.54, 1.807) is 0 Å². The van der Waals surface area contributed by atoms with Gasteiger partial charge in [-0.2, -0.15) is 0 Å². The second-order valence-electron chi connectivity index (χ2n) is 4.24. The van der Waals surface area contributed by atoms with Gasteiger partial charge in [0.2, 0.25) is 0 Å². The molecule has 1 saturated heterocycles. The number of benzene rings is 1. The molecular weight excluding hydrogens is 232 g/mol. The van der Waals surface area contributed by atoms with Crippen molar-refractivity contribution in [2.75, 3.05) is 24.6 Å². The van der Waals surface area contributed by atoms with Crippen molar-refractivity contribution in [3.05, 3.63) is 18.2 Å². The lowest BCUT2D eigenvalue weighted by Crippen LogP contribution is -2.23. The van der Waals surface area contributed by atoms with Crippen molar-refractivity contribution in [3.63, 3.8) is 0 Å². The Balaban J connectivity index is 1.95. The topological polar surface area (TPSA) is 47.3 Å². The molecule has 0 aromatic heterocycles. The van der Waals surface area contributed by atoms with Crippen LogP contribution in [-0.2, 0) is 0 Å². The molecule has 3 N–H and O–H groups in total. The average molecular weight is 252 g/mol. The number of nitrogens with two attached hydrogens (primary N) is 1. The van der Waals surface area contributed by atoms with Crippen molar-refractivity contribution < 1.29 is 4.74 Å². The summed E-state index contributed by atoms with van der Waals surface area (Å²) in [5.41, 5.74) is 6.82. The van der Waals surface area contributed by atoms with E-state index in [-0.39, 0.29) is 0 Å². The molecular formula is C13H20N2OS. The van der Waals surface area contributed by atoms with Gasteiger partial charge in [0, 0.05) is 22.4 Å². The maximum Gasteiger partial charge on any atom is 0.120 e. The lowest BCUT2D eigenvalue weighted by molar-refractivity contribution is 0.339. The van der Waals surface area contributed by atoms with E-state index in [0.29, 0.717) is 12.6 Å². The van der Waals surface area contributed by atoms with Crippen LogP contribution in [0.3, 0.4) is 0 Å². The second kappa shape index (κ2) is 6.17. The zero-order valence-electron chi connectivity index (χ0n) is 10.2. The first-order chi connectivity index (χ1) is 8.29. The van der Waals surface area contributed by atoms with Crippen LogP contribution < -0.4 is 15.8 Å². The summed E-state index contributed by atoms with van der Waals surface area (Å²) in [6.07, 6.45) is 2.57. The van der Waals surface area contributed by atoms with Gasteiger partial charge in [-0.15, -0.1) is 11.8 Å². The Morgan fingerprint density at radius 3 is 3.12 bits per heavy atom. The van der Waals surface area contributed by atoms with Crippen LogP contribution in [0.1, 0.15) is 19.8 Å². The van der Waals surface area contributed by atoms with Gasteiger partial charge in [0.05, 0.1) is 6.61 Å². The monoisotopic (exact) mass is 252 g/mol. The molecule has 1 aliphatic rings. The first kappa shape index (κ1) is 12.6. The minimum absolute atomic E-state index is 0.634. The van der Waals surface area contributed by atoms with Crippen LogP contribution in [0, 0.1) is 0 Å². The minimum Gasteiger partial charge on any atom is -0.494 e. The van der Waals surface area contributed by atoms with Crippen LogP contribution in [-0.4, -0.2) is 24.9 Å². The summed E-state index contributed by atoms with van der Waals surface area (Å²) in [7, 11) is 0. The Morgan fingerprint density at radius 2 is 2.41 bits per heavy atom. The Labute approximate surface area is 107 Å². The zero-order valence-corrected chi connectivity index (χ0v) is 11.1. The Bertz CT molecular complexity index is 364. The van der Waals surface area contributed by atoms with Crippen molar-refractivity contribution in [1.82, 2.24) is 5.32 Å². The number of hydrogen-bond acceptors (Lipinski definition) is 4. The van der Waals surface area contributed by atoms with Gasteiger partial charge in [0.1, 0.15) is 5.75 Å². The molecule has 1 aromatic carbocycles. The predicted octanol–water partition coefficient (Wildman–Crippen LogP) is 2.51. The van der Waals surface area contributed by atoms with Gasteiger partial charge in [0.15, 0.2) is 0 Å². The lowest BCUT2D eigenvalue weighted by Gasteiger charge is -2.12. The van der Waals surface area contributed by atoms with E-state index >= 15 is 0 Å². The fraction of sp³-hybridized carbons (Fsp3) is 0.538. The number of thioether (sulfide) groups is 1. The summed E-state index contributed by atoms with van der Waals surface area (Å²) in [4.78, 5) is 1.13. The van der Waals surface area contributed by atoms with Gasteiger partial charge in [-0.25, -0.2) is 0 Å². The normalized spacial score (nSPS) is 19.5. The van der Waals surface area contributed by atoms with E-state index in [4.69, 9.17) is 10.5 Å². The van der Waals surface area contributed by atoms with Crippen LogP contribution in [0.4, 0.5) is 5.69 Å². The summed E-state index contributed by atoms with van der Waals surface area (Å²) >= 11 is 1.82. The largest absolute Gasteiger partial charge is 0.494 e. The maximum absolute atomic E-state index is 5.97. The van der Waals surface area contributed by atoms with Gasteiger partial charge in [-0.05, 0) is 44.5 Å². The standard InChI is InChI=1S/C13H20N2OS/c1-2-16-11-5-6-12(14)13(8-11)17-9-10-4-3-7-15-10/h5-6,8,10,15H,2-4,7,9,14H2,1H3. The number of rotatable bonds is 5. The first-order valence-corrected chi connectivity index (χ1v) is 7.16. The van der Waals surface area contributed by atoms with Crippen LogP contribution >= 0.6 is 11.8 Å². The summed E-state index contributed by atoms with van der Waals surface area (Å²) in [6, 6.07) is 6.53. The van der Waals surface area contributed by atoms with Crippen molar-refractivity contribution in [2.45, 2.75) is 30.7 Å². The van der Waals surface area contributed by atoms with Crippen LogP contribution in [0.5, 0.6) is 5.75 Å². The van der Waals surface area contributed by atoms with E-state index in [1.165, 1.54) is 12.8 Å². The van der Waals surface area contributed by atoms with Gasteiger partial charge in [-0.3, -0.25) is 0 Å². The first-order valence-electron chi connectivity index (χ1n) is 6.18. The molecule has 0 amide bonds. The van der Waals surface area contributed by atoms with E-state index < -0.39 is 0 Å². The third-order valence-electron chi connectivity index (χ3n) is 2.90. The predicted molar refractivity (Wildman–Crippen MR) is 73.8 cm³/mol. The molecule has 1 aromatic rings. The Hall–Kier alpha value is -0.870. The van der Waals surface area contributed by atoms with Gasteiger partial charge >= 0.3 is 0 Å². The summed E-state index contributed by atoms with van der Waals surface area (Å²) < 4.78 is 5.49. The molecule has 94 valence electrons. The fourth-order valence-electron chi connectivity index (χ4n) is 1.99. The fourth-order valence-corrected chi connectivity index (χ4v) is 3.08. The average Bonchev–Trinajstić information content (AvgIpc) is 2.83. The molecule has 2 rings (SSSR count). The minimum atomic E-state index is 0.634. The number of anilines is 1. The molecule has 0 aliphatic carbocycles. The zero-order chi connectivity index (χ0) is 12.1. The molecule has 1 atom stereocenters. The molecule has 0 radical (unpaired) electrons. The van der Waals surface area contributed by atoms with Crippen molar-refractivity contribution in [2.24, 2.45) is 0 Å². The molecule has 4 heteroatoms. The van der Waals surface area contributed by atoms with Crippen molar-refractivity contribution >= 4 is 17.4 Å². The molecule has 1 fully saturated rings. The number of nitrogens with one attached hydrogen (secondary N) is 1. The highest BCUT2D eigenvalue weighted by Gasteiger charge is 2.14. The Kier molecular flexibility index (Phi) is 4.57. The van der Waals surface area contributed by atoms with Crippen molar-refractivity contribution in [1.29, 1.82) is 0 Å². The third-order valence-corrected chi connectivity index (χ3v) is 4.13. The lowest BCUT2D eigenvalue weighted by atomic mass is 10.3. The van der Waals surface area contributed by atoms with Crippen LogP contribution in [0.25, 0.3) is 0 Å². The van der Waals surface area contributed by atoms with Crippen LogP contribution in [0.2, 0.25) is 0 Å². The van der Waals surface area contributed by atoms with E-state index in [0.717, 1.165) is 28.6 Å². The third kappa shape index (κ3) is 3.54. The van der Waals surface area contributed by atoms with Crippen molar-refractivity contribution in [3.8, 4) is 5.75 Å². The Morgan fingerprint density at radius 1 is 1.53 bits per heavy atom. The number of nitrogen functional groups attached to an aromatic ring is 1. The summed E-state index contributed by atoms with van der Waals surface area (Å²) in [6.45, 7) is 3.84.